The predicted molar refractivity (Wildman–Crippen MR) is 71.0 cm³/mol. The molecule has 3 heterocycles. The number of hydrogen-bond acceptors (Lipinski definition) is 7. The first-order chi connectivity index (χ1) is 8.83. The van der Waals surface area contributed by atoms with Gasteiger partial charge in [-0.25, -0.2) is 4.98 Å². The molecule has 1 atom stereocenters. The van der Waals surface area contributed by atoms with Gasteiger partial charge in [-0.15, -0.1) is 16.4 Å². The lowest BCUT2D eigenvalue weighted by Crippen LogP contribution is -2.37. The van der Waals surface area contributed by atoms with E-state index in [1.165, 1.54) is 11.5 Å². The average Bonchev–Trinajstić information content (AvgIpc) is 3.02. The van der Waals surface area contributed by atoms with Gasteiger partial charge in [-0.3, -0.25) is 4.90 Å². The SMILES string of the molecule is Clc1snnc1CN1CCO[C@H](c2nccs2)C1. The van der Waals surface area contributed by atoms with Gasteiger partial charge in [0.15, 0.2) is 0 Å². The molecule has 96 valence electrons. The first-order valence-corrected chi connectivity index (χ1v) is 7.56. The maximum atomic E-state index is 6.02. The molecule has 3 rings (SSSR count). The summed E-state index contributed by atoms with van der Waals surface area (Å²) in [5.41, 5.74) is 0.849. The van der Waals surface area contributed by atoms with Crippen molar-refractivity contribution in [2.75, 3.05) is 19.7 Å². The van der Waals surface area contributed by atoms with Crippen LogP contribution in [0.5, 0.6) is 0 Å². The first kappa shape index (κ1) is 12.4. The molecule has 1 saturated heterocycles. The van der Waals surface area contributed by atoms with Crippen LogP contribution >= 0.6 is 34.5 Å². The van der Waals surface area contributed by atoms with E-state index in [0.717, 1.165) is 30.3 Å². The number of ether oxygens (including phenoxy) is 1. The molecule has 0 amide bonds. The van der Waals surface area contributed by atoms with Crippen molar-refractivity contribution in [2.24, 2.45) is 0 Å². The van der Waals surface area contributed by atoms with E-state index >= 15 is 0 Å². The second kappa shape index (κ2) is 5.58. The summed E-state index contributed by atoms with van der Waals surface area (Å²) in [7, 11) is 0. The van der Waals surface area contributed by atoms with Crippen LogP contribution in [0.3, 0.4) is 0 Å². The lowest BCUT2D eigenvalue weighted by Gasteiger charge is -2.31. The summed E-state index contributed by atoms with van der Waals surface area (Å²) in [6, 6.07) is 0. The van der Waals surface area contributed by atoms with Gasteiger partial charge >= 0.3 is 0 Å². The fraction of sp³-hybridized carbons (Fsp3) is 0.500. The second-order valence-corrected chi connectivity index (χ2v) is 6.24. The van der Waals surface area contributed by atoms with Crippen molar-refractivity contribution in [3.63, 3.8) is 0 Å². The van der Waals surface area contributed by atoms with Gasteiger partial charge in [0, 0.05) is 42.7 Å². The van der Waals surface area contributed by atoms with Crippen molar-refractivity contribution in [2.45, 2.75) is 12.6 Å². The minimum atomic E-state index is 0.0594. The number of thiazole rings is 1. The second-order valence-electron chi connectivity index (χ2n) is 3.96. The minimum Gasteiger partial charge on any atom is -0.368 e. The monoisotopic (exact) mass is 302 g/mol. The van der Waals surface area contributed by atoms with Gasteiger partial charge < -0.3 is 4.74 Å². The maximum absolute atomic E-state index is 6.02. The Balaban J connectivity index is 1.66. The summed E-state index contributed by atoms with van der Waals surface area (Å²) < 4.78 is 10.3. The predicted octanol–water partition coefficient (Wildman–Crippen LogP) is 2.22. The molecule has 1 fully saturated rings. The maximum Gasteiger partial charge on any atom is 0.138 e. The van der Waals surface area contributed by atoms with E-state index in [-0.39, 0.29) is 6.10 Å². The number of halogens is 1. The van der Waals surface area contributed by atoms with Crippen LogP contribution in [-0.2, 0) is 11.3 Å². The van der Waals surface area contributed by atoms with Crippen LogP contribution in [-0.4, -0.2) is 39.2 Å². The van der Waals surface area contributed by atoms with E-state index < -0.39 is 0 Å². The molecule has 0 saturated carbocycles. The highest BCUT2D eigenvalue weighted by atomic mass is 35.5. The third-order valence-corrected chi connectivity index (χ3v) is 4.61. The quantitative estimate of drug-likeness (QED) is 0.870. The van der Waals surface area contributed by atoms with Crippen LogP contribution in [0, 0.1) is 0 Å². The number of nitrogens with zero attached hydrogens (tertiary/aromatic N) is 4. The third-order valence-electron chi connectivity index (χ3n) is 2.76. The van der Waals surface area contributed by atoms with Gasteiger partial charge in [-0.2, -0.15) is 0 Å². The van der Waals surface area contributed by atoms with Crippen molar-refractivity contribution in [3.8, 4) is 0 Å². The molecular weight excluding hydrogens is 292 g/mol. The van der Waals surface area contributed by atoms with Crippen molar-refractivity contribution in [1.82, 2.24) is 19.5 Å². The zero-order chi connectivity index (χ0) is 12.4. The molecule has 2 aromatic heterocycles. The van der Waals surface area contributed by atoms with E-state index in [0.29, 0.717) is 10.9 Å². The molecular formula is C10H11ClN4OS2. The topological polar surface area (TPSA) is 51.1 Å². The van der Waals surface area contributed by atoms with Crippen molar-refractivity contribution in [3.05, 3.63) is 26.6 Å². The van der Waals surface area contributed by atoms with Crippen LogP contribution < -0.4 is 0 Å². The lowest BCUT2D eigenvalue weighted by molar-refractivity contribution is -0.0333. The van der Waals surface area contributed by atoms with Crippen molar-refractivity contribution < 1.29 is 4.74 Å². The molecule has 0 N–H and O–H groups in total. The Hall–Kier alpha value is -0.600. The molecule has 18 heavy (non-hydrogen) atoms. The Morgan fingerprint density at radius 2 is 2.50 bits per heavy atom. The van der Waals surface area contributed by atoms with E-state index in [4.69, 9.17) is 16.3 Å². The van der Waals surface area contributed by atoms with Crippen LogP contribution in [0.1, 0.15) is 16.8 Å². The minimum absolute atomic E-state index is 0.0594. The third kappa shape index (κ3) is 2.70. The van der Waals surface area contributed by atoms with Crippen LogP contribution in [0.25, 0.3) is 0 Å². The molecule has 0 spiro atoms. The Labute approximate surface area is 118 Å². The molecule has 2 aromatic rings. The Morgan fingerprint density at radius 1 is 1.56 bits per heavy atom. The normalized spacial score (nSPS) is 21.3. The molecule has 1 aliphatic rings. The van der Waals surface area contributed by atoms with E-state index in [9.17, 15) is 0 Å². The summed E-state index contributed by atoms with van der Waals surface area (Å²) in [5.74, 6) is 0. The number of hydrogen-bond donors (Lipinski definition) is 0. The number of morpholine rings is 1. The van der Waals surface area contributed by atoms with Gasteiger partial charge in [0.05, 0.1) is 6.61 Å². The number of aromatic nitrogens is 3. The van der Waals surface area contributed by atoms with Crippen molar-refractivity contribution >= 4 is 34.5 Å². The van der Waals surface area contributed by atoms with Crippen LogP contribution in [0.15, 0.2) is 11.6 Å². The van der Waals surface area contributed by atoms with Crippen LogP contribution in [0.2, 0.25) is 4.34 Å². The molecule has 0 bridgehead atoms. The summed E-state index contributed by atoms with van der Waals surface area (Å²) in [5, 5.41) is 7.04. The largest absolute Gasteiger partial charge is 0.368 e. The fourth-order valence-corrected chi connectivity index (χ4v) is 3.18. The molecule has 5 nitrogen and oxygen atoms in total. The highest BCUT2D eigenvalue weighted by Crippen LogP contribution is 2.26. The molecule has 8 heteroatoms. The zero-order valence-corrected chi connectivity index (χ0v) is 11.8. The van der Waals surface area contributed by atoms with Gasteiger partial charge in [0.2, 0.25) is 0 Å². The summed E-state index contributed by atoms with van der Waals surface area (Å²) in [4.78, 5) is 6.58. The highest BCUT2D eigenvalue weighted by molar-refractivity contribution is 7.10. The van der Waals surface area contributed by atoms with E-state index in [1.807, 2.05) is 11.6 Å². The Kier molecular flexibility index (Phi) is 3.86. The molecule has 0 unspecified atom stereocenters. The Bertz CT molecular complexity index is 504. The van der Waals surface area contributed by atoms with Gasteiger partial charge in [0.25, 0.3) is 0 Å². The summed E-state index contributed by atoms with van der Waals surface area (Å²) in [6.45, 7) is 3.14. The molecule has 0 radical (unpaired) electrons. The van der Waals surface area contributed by atoms with Crippen LogP contribution in [0.4, 0.5) is 0 Å². The average molecular weight is 303 g/mol. The fourth-order valence-electron chi connectivity index (χ4n) is 1.89. The lowest BCUT2D eigenvalue weighted by atomic mass is 10.2. The molecule has 1 aliphatic heterocycles. The number of rotatable bonds is 3. The summed E-state index contributed by atoms with van der Waals surface area (Å²) >= 11 is 8.88. The highest BCUT2D eigenvalue weighted by Gasteiger charge is 2.24. The van der Waals surface area contributed by atoms with Gasteiger partial charge in [-0.05, 0) is 0 Å². The van der Waals surface area contributed by atoms with Crippen molar-refractivity contribution in [1.29, 1.82) is 0 Å². The molecule has 0 aromatic carbocycles. The van der Waals surface area contributed by atoms with Gasteiger partial charge in [0.1, 0.15) is 21.1 Å². The summed E-state index contributed by atoms with van der Waals surface area (Å²) in [6.07, 6.45) is 1.87. The first-order valence-electron chi connectivity index (χ1n) is 5.53. The standard InChI is InChI=1S/C10H11ClN4OS2/c11-9-7(13-14-18-9)5-15-2-3-16-8(6-15)10-12-1-4-17-10/h1,4,8H,2-3,5-6H2/t8-/m0/s1. The smallest absolute Gasteiger partial charge is 0.138 e. The zero-order valence-electron chi connectivity index (χ0n) is 9.45. The Morgan fingerprint density at radius 3 is 3.22 bits per heavy atom. The molecule has 0 aliphatic carbocycles. The van der Waals surface area contributed by atoms with E-state index in [1.54, 1.807) is 11.3 Å². The van der Waals surface area contributed by atoms with Gasteiger partial charge in [-0.1, -0.05) is 16.1 Å². The van der Waals surface area contributed by atoms with E-state index in [2.05, 4.69) is 19.5 Å².